The van der Waals surface area contributed by atoms with Crippen LogP contribution in [0.15, 0.2) is 42.5 Å². The summed E-state index contributed by atoms with van der Waals surface area (Å²) in [5, 5.41) is 24.7. The third-order valence-electron chi connectivity index (χ3n) is 6.21. The number of nitrogens with one attached hydrogen (secondary N) is 1. The number of pyridine rings is 1. The first kappa shape index (κ1) is 41.7. The van der Waals surface area contributed by atoms with E-state index in [1.54, 1.807) is 0 Å². The number of rotatable bonds is 6. The molecule has 2 aliphatic rings. The van der Waals surface area contributed by atoms with Crippen molar-refractivity contribution in [1.82, 2.24) is 15.2 Å². The van der Waals surface area contributed by atoms with E-state index >= 15 is 0 Å². The highest BCUT2D eigenvalue weighted by molar-refractivity contribution is 5.73. The molecule has 20 heteroatoms. The fraction of sp³-hybridized carbons (Fsp3) is 0.500. The number of halogens is 9. The van der Waals surface area contributed by atoms with Crippen LogP contribution in [0.25, 0.3) is 0 Å². The van der Waals surface area contributed by atoms with Gasteiger partial charge in [-0.15, -0.1) is 0 Å². The van der Waals surface area contributed by atoms with Gasteiger partial charge < -0.3 is 30.3 Å². The second-order valence-corrected chi connectivity index (χ2v) is 9.84. The first-order valence-electron chi connectivity index (χ1n) is 14.0. The fourth-order valence-corrected chi connectivity index (χ4v) is 3.85. The zero-order valence-electron chi connectivity index (χ0n) is 25.0. The number of aryl methyl sites for hydroxylation is 1. The molecule has 2 aromatic rings. The Kier molecular flexibility index (Phi) is 16.9. The first-order chi connectivity index (χ1) is 22.2. The number of nitrogens with zero attached hydrogens (tertiary/aromatic N) is 3. The minimum absolute atomic E-state index is 0.695. The Bertz CT molecular complexity index is 1230. The Morgan fingerprint density at radius 1 is 0.750 bits per heavy atom. The number of carboxylic acid groups (broad SMARTS) is 3. The van der Waals surface area contributed by atoms with E-state index in [1.165, 1.54) is 31.4 Å². The maximum absolute atomic E-state index is 10.6. The second-order valence-electron chi connectivity index (χ2n) is 9.84. The Morgan fingerprint density at radius 3 is 1.73 bits per heavy atom. The predicted octanol–water partition coefficient (Wildman–Crippen LogP) is 4.61. The number of carboxylic acids is 3. The van der Waals surface area contributed by atoms with Crippen molar-refractivity contribution < 1.29 is 74.0 Å². The average molecular weight is 709 g/mol. The van der Waals surface area contributed by atoms with Gasteiger partial charge in [-0.2, -0.15) is 44.5 Å². The molecule has 48 heavy (non-hydrogen) atoms. The van der Waals surface area contributed by atoms with Gasteiger partial charge in [-0.3, -0.25) is 4.90 Å². The van der Waals surface area contributed by atoms with E-state index in [0.717, 1.165) is 56.5 Å². The number of piperazine rings is 1. The van der Waals surface area contributed by atoms with Gasteiger partial charge in [0.05, 0.1) is 0 Å². The number of carbonyl (C=O) groups is 3. The maximum atomic E-state index is 10.6. The number of hydrogen-bond acceptors (Lipinski definition) is 8. The van der Waals surface area contributed by atoms with Crippen LogP contribution in [0.5, 0.6) is 5.88 Å². The van der Waals surface area contributed by atoms with Crippen LogP contribution < -0.4 is 15.0 Å². The Labute approximate surface area is 267 Å². The van der Waals surface area contributed by atoms with Crippen LogP contribution in [0.2, 0.25) is 0 Å². The summed E-state index contributed by atoms with van der Waals surface area (Å²) in [6, 6.07) is 15.1. The molecule has 11 nitrogen and oxygen atoms in total. The minimum Gasteiger partial charge on any atom is -0.476 e. The van der Waals surface area contributed by atoms with Gasteiger partial charge in [-0.25, -0.2) is 14.4 Å². The highest BCUT2D eigenvalue weighted by Crippen LogP contribution is 2.23. The highest BCUT2D eigenvalue weighted by atomic mass is 19.4. The van der Waals surface area contributed by atoms with Crippen LogP contribution in [0.4, 0.5) is 45.3 Å². The molecule has 0 aliphatic carbocycles. The Morgan fingerprint density at radius 2 is 1.25 bits per heavy atom. The molecule has 4 N–H and O–H groups in total. The standard InChI is InChI=1S/C22H30N4O.3C2HF3O2/c1-2-6-19(7-3-1)8-4-5-12-25-13-15-26(16-14-25)21-10-9-20-18-23-11-17-27-22(20)24-21;3*3-2(4,5)1(6)7/h1-3,6-7,9-10,23H,4-5,8,11-18H2;3*(H,6,7). The van der Waals surface area contributed by atoms with E-state index in [-0.39, 0.29) is 0 Å². The second kappa shape index (κ2) is 19.5. The lowest BCUT2D eigenvalue weighted by molar-refractivity contribution is -0.193. The number of ether oxygens (including phenoxy) is 1. The molecule has 2 aliphatic heterocycles. The SMILES string of the molecule is O=C(O)C(F)(F)F.O=C(O)C(F)(F)F.O=C(O)C(F)(F)F.c1ccc(CCCCN2CCN(c3ccc4c(n3)OCCNC4)CC2)cc1. The van der Waals surface area contributed by atoms with Crippen molar-refractivity contribution in [3.05, 3.63) is 53.6 Å². The van der Waals surface area contributed by atoms with Crippen molar-refractivity contribution in [2.24, 2.45) is 0 Å². The summed E-state index contributed by atoms with van der Waals surface area (Å²) in [6.07, 6.45) is -11.5. The molecule has 0 unspecified atom stereocenters. The van der Waals surface area contributed by atoms with E-state index in [2.05, 4.69) is 57.6 Å². The number of alkyl halides is 9. The molecule has 1 fully saturated rings. The highest BCUT2D eigenvalue weighted by Gasteiger charge is 2.39. The molecule has 0 spiro atoms. The summed E-state index contributed by atoms with van der Waals surface area (Å²) in [5.74, 6) is -6.41. The zero-order valence-corrected chi connectivity index (χ0v) is 25.0. The summed E-state index contributed by atoms with van der Waals surface area (Å²) < 4.78 is 101. The van der Waals surface area contributed by atoms with Gasteiger partial charge >= 0.3 is 36.4 Å². The molecule has 0 atom stereocenters. The van der Waals surface area contributed by atoms with Crippen molar-refractivity contribution in [3.8, 4) is 5.88 Å². The van der Waals surface area contributed by atoms with Crippen LogP contribution in [-0.4, -0.2) is 108 Å². The molecule has 0 amide bonds. The van der Waals surface area contributed by atoms with Crippen LogP contribution in [0.3, 0.4) is 0 Å². The predicted molar refractivity (Wildman–Crippen MR) is 151 cm³/mol. The van der Waals surface area contributed by atoms with Gasteiger partial charge in [0, 0.05) is 44.8 Å². The molecule has 1 aromatic carbocycles. The molecule has 0 bridgehead atoms. The Balaban J connectivity index is 0.000000448. The number of unbranched alkanes of at least 4 members (excludes halogenated alkanes) is 1. The summed E-state index contributed by atoms with van der Waals surface area (Å²) >= 11 is 0. The van der Waals surface area contributed by atoms with Gasteiger partial charge in [0.25, 0.3) is 0 Å². The van der Waals surface area contributed by atoms with Gasteiger partial charge in [0.15, 0.2) is 0 Å². The van der Waals surface area contributed by atoms with Crippen LogP contribution in [0, 0.1) is 0 Å². The van der Waals surface area contributed by atoms with Gasteiger partial charge in [-0.1, -0.05) is 30.3 Å². The van der Waals surface area contributed by atoms with Gasteiger partial charge in [0.1, 0.15) is 12.4 Å². The van der Waals surface area contributed by atoms with Crippen molar-refractivity contribution in [3.63, 3.8) is 0 Å². The molecule has 1 aromatic heterocycles. The summed E-state index contributed by atoms with van der Waals surface area (Å²) in [7, 11) is 0. The summed E-state index contributed by atoms with van der Waals surface area (Å²) in [6.45, 7) is 7.95. The normalized spacial score (nSPS) is 15.0. The lowest BCUT2D eigenvalue weighted by Gasteiger charge is -2.35. The molecule has 3 heterocycles. The number of aliphatic carboxylic acids is 3. The van der Waals surface area contributed by atoms with E-state index in [0.29, 0.717) is 6.61 Å². The molecule has 1 saturated heterocycles. The molecule has 270 valence electrons. The van der Waals surface area contributed by atoms with Crippen LogP contribution in [0.1, 0.15) is 24.0 Å². The molecular weight excluding hydrogens is 675 g/mol. The molecule has 0 saturated carbocycles. The van der Waals surface area contributed by atoms with Crippen molar-refractivity contribution in [2.45, 2.75) is 44.3 Å². The topological polar surface area (TPSA) is 153 Å². The fourth-order valence-electron chi connectivity index (χ4n) is 3.85. The molecular formula is C28H33F9N4O7. The van der Waals surface area contributed by atoms with Crippen molar-refractivity contribution in [2.75, 3.05) is 50.8 Å². The van der Waals surface area contributed by atoms with E-state index < -0.39 is 36.4 Å². The number of hydrogen-bond donors (Lipinski definition) is 4. The van der Waals surface area contributed by atoms with Crippen LogP contribution >= 0.6 is 0 Å². The third kappa shape index (κ3) is 17.0. The minimum atomic E-state index is -5.08. The molecule has 0 radical (unpaired) electrons. The number of benzene rings is 1. The maximum Gasteiger partial charge on any atom is 0.490 e. The first-order valence-corrected chi connectivity index (χ1v) is 14.0. The Hall–Kier alpha value is -4.33. The lowest BCUT2D eigenvalue weighted by Crippen LogP contribution is -2.47. The van der Waals surface area contributed by atoms with Crippen molar-refractivity contribution in [1.29, 1.82) is 0 Å². The zero-order chi connectivity index (χ0) is 36.5. The van der Waals surface area contributed by atoms with E-state index in [9.17, 15) is 39.5 Å². The largest absolute Gasteiger partial charge is 0.490 e. The number of fused-ring (bicyclic) bond motifs is 1. The van der Waals surface area contributed by atoms with Crippen LogP contribution in [-0.2, 0) is 27.3 Å². The van der Waals surface area contributed by atoms with Gasteiger partial charge in [-0.05, 0) is 43.5 Å². The summed E-state index contributed by atoms with van der Waals surface area (Å²) in [5.41, 5.74) is 2.61. The lowest BCUT2D eigenvalue weighted by atomic mass is 10.1. The van der Waals surface area contributed by atoms with E-state index in [4.69, 9.17) is 39.4 Å². The van der Waals surface area contributed by atoms with E-state index in [1.807, 2.05) is 0 Å². The average Bonchev–Trinajstić information content (AvgIpc) is 3.25. The molecule has 4 rings (SSSR count). The van der Waals surface area contributed by atoms with Crippen molar-refractivity contribution >= 4 is 23.7 Å². The van der Waals surface area contributed by atoms with Gasteiger partial charge in [0.2, 0.25) is 5.88 Å². The third-order valence-corrected chi connectivity index (χ3v) is 6.21. The monoisotopic (exact) mass is 708 g/mol. The quantitative estimate of drug-likeness (QED) is 0.246. The summed E-state index contributed by atoms with van der Waals surface area (Å²) in [4.78, 5) is 36.4. The number of anilines is 1. The smallest absolute Gasteiger partial charge is 0.476 e. The number of aromatic nitrogens is 1.